The molecule has 1 rings (SSSR count). The SMILES string of the molecule is O=CC(NC(=O)CCl)c1ccco1. The molecule has 0 aromatic carbocycles. The topological polar surface area (TPSA) is 59.3 Å². The number of rotatable bonds is 4. The molecule has 1 N–H and O–H groups in total. The number of hydrogen-bond donors (Lipinski definition) is 1. The largest absolute Gasteiger partial charge is 0.467 e. The summed E-state index contributed by atoms with van der Waals surface area (Å²) in [6.45, 7) is 0. The molecule has 0 spiro atoms. The number of amides is 1. The van der Waals surface area contributed by atoms with Crippen LogP contribution in [0.4, 0.5) is 0 Å². The lowest BCUT2D eigenvalue weighted by Crippen LogP contribution is -2.29. The predicted molar refractivity (Wildman–Crippen MR) is 46.4 cm³/mol. The predicted octanol–water partition coefficient (Wildman–Crippen LogP) is 0.875. The molecule has 0 aliphatic carbocycles. The number of furan rings is 1. The van der Waals surface area contributed by atoms with E-state index in [1.165, 1.54) is 6.26 Å². The van der Waals surface area contributed by atoms with E-state index in [-0.39, 0.29) is 5.88 Å². The zero-order valence-electron chi connectivity index (χ0n) is 6.70. The Hall–Kier alpha value is -1.29. The van der Waals surface area contributed by atoms with Crippen LogP contribution in [0, 0.1) is 0 Å². The summed E-state index contributed by atoms with van der Waals surface area (Å²) in [6, 6.07) is 2.49. The Balaban J connectivity index is 2.64. The second-order valence-corrected chi connectivity index (χ2v) is 2.60. The second-order valence-electron chi connectivity index (χ2n) is 2.33. The molecule has 1 amide bonds. The average Bonchev–Trinajstić information content (AvgIpc) is 2.66. The molecule has 4 nitrogen and oxygen atoms in total. The van der Waals surface area contributed by atoms with Crippen molar-refractivity contribution < 1.29 is 14.0 Å². The summed E-state index contributed by atoms with van der Waals surface area (Å²) < 4.78 is 4.94. The van der Waals surface area contributed by atoms with Gasteiger partial charge in [-0.3, -0.25) is 4.79 Å². The van der Waals surface area contributed by atoms with Crippen LogP contribution in [0.25, 0.3) is 0 Å². The summed E-state index contributed by atoms with van der Waals surface area (Å²) in [7, 11) is 0. The minimum Gasteiger partial charge on any atom is -0.467 e. The fourth-order valence-electron chi connectivity index (χ4n) is 0.852. The van der Waals surface area contributed by atoms with Crippen molar-refractivity contribution in [3.8, 4) is 0 Å². The van der Waals surface area contributed by atoms with Gasteiger partial charge in [-0.25, -0.2) is 0 Å². The van der Waals surface area contributed by atoms with E-state index in [0.29, 0.717) is 12.0 Å². The van der Waals surface area contributed by atoms with E-state index >= 15 is 0 Å². The van der Waals surface area contributed by atoms with Gasteiger partial charge in [0.05, 0.1) is 6.26 Å². The van der Waals surface area contributed by atoms with Crippen molar-refractivity contribution in [1.82, 2.24) is 5.32 Å². The van der Waals surface area contributed by atoms with E-state index in [1.54, 1.807) is 12.1 Å². The maximum atomic E-state index is 10.8. The molecule has 1 unspecified atom stereocenters. The maximum Gasteiger partial charge on any atom is 0.235 e. The van der Waals surface area contributed by atoms with Gasteiger partial charge in [-0.2, -0.15) is 0 Å². The fourth-order valence-corrected chi connectivity index (χ4v) is 0.930. The smallest absolute Gasteiger partial charge is 0.235 e. The van der Waals surface area contributed by atoms with Crippen LogP contribution in [-0.2, 0) is 9.59 Å². The number of carbonyl (C=O) groups is 2. The lowest BCUT2D eigenvalue weighted by atomic mass is 10.2. The second kappa shape index (κ2) is 4.67. The van der Waals surface area contributed by atoms with E-state index in [0.717, 1.165) is 0 Å². The molecule has 1 atom stereocenters. The van der Waals surface area contributed by atoms with Crippen LogP contribution in [0.1, 0.15) is 11.8 Å². The molecule has 0 bridgehead atoms. The monoisotopic (exact) mass is 201 g/mol. The molecular formula is C8H8ClNO3. The lowest BCUT2D eigenvalue weighted by molar-refractivity contribution is -0.122. The van der Waals surface area contributed by atoms with Crippen molar-refractivity contribution in [2.45, 2.75) is 6.04 Å². The molecule has 5 heteroatoms. The number of aldehydes is 1. The first kappa shape index (κ1) is 9.80. The Morgan fingerprint density at radius 2 is 2.54 bits per heavy atom. The molecule has 1 heterocycles. The fraction of sp³-hybridized carbons (Fsp3) is 0.250. The van der Waals surface area contributed by atoms with Crippen LogP contribution in [-0.4, -0.2) is 18.1 Å². The van der Waals surface area contributed by atoms with E-state index < -0.39 is 11.9 Å². The molecule has 0 aliphatic heterocycles. The Morgan fingerprint density at radius 1 is 1.77 bits per heavy atom. The Labute approximate surface area is 79.9 Å². The van der Waals surface area contributed by atoms with Gasteiger partial charge in [0, 0.05) is 0 Å². The van der Waals surface area contributed by atoms with Crippen molar-refractivity contribution >= 4 is 23.8 Å². The van der Waals surface area contributed by atoms with Gasteiger partial charge >= 0.3 is 0 Å². The highest BCUT2D eigenvalue weighted by Crippen LogP contribution is 2.10. The van der Waals surface area contributed by atoms with E-state index in [2.05, 4.69) is 5.32 Å². The van der Waals surface area contributed by atoms with Crippen LogP contribution < -0.4 is 5.32 Å². The molecule has 1 aromatic heterocycles. The van der Waals surface area contributed by atoms with Crippen LogP contribution in [0.15, 0.2) is 22.8 Å². The summed E-state index contributed by atoms with van der Waals surface area (Å²) in [6.07, 6.45) is 2.02. The van der Waals surface area contributed by atoms with Gasteiger partial charge < -0.3 is 14.5 Å². The molecule has 0 aliphatic rings. The van der Waals surface area contributed by atoms with E-state index in [9.17, 15) is 9.59 Å². The molecular weight excluding hydrogens is 194 g/mol. The van der Waals surface area contributed by atoms with Crippen LogP contribution in [0.5, 0.6) is 0 Å². The first-order valence-electron chi connectivity index (χ1n) is 3.62. The van der Waals surface area contributed by atoms with E-state index in [4.69, 9.17) is 16.0 Å². The Morgan fingerprint density at radius 3 is 3.00 bits per heavy atom. The van der Waals surface area contributed by atoms with Gasteiger partial charge in [0.25, 0.3) is 0 Å². The Kier molecular flexibility index (Phi) is 3.52. The lowest BCUT2D eigenvalue weighted by Gasteiger charge is -2.07. The van der Waals surface area contributed by atoms with Gasteiger partial charge in [-0.15, -0.1) is 11.6 Å². The third-order valence-electron chi connectivity index (χ3n) is 1.42. The highest BCUT2D eigenvalue weighted by molar-refractivity contribution is 6.27. The molecule has 13 heavy (non-hydrogen) atoms. The molecule has 0 fully saturated rings. The normalized spacial score (nSPS) is 12.1. The van der Waals surface area contributed by atoms with Gasteiger partial charge in [0.2, 0.25) is 5.91 Å². The molecule has 0 saturated heterocycles. The maximum absolute atomic E-state index is 10.8. The van der Waals surface area contributed by atoms with Crippen molar-refractivity contribution in [3.63, 3.8) is 0 Å². The van der Waals surface area contributed by atoms with Crippen molar-refractivity contribution in [2.24, 2.45) is 0 Å². The first-order chi connectivity index (χ1) is 6.27. The molecule has 70 valence electrons. The number of halogens is 1. The summed E-state index contributed by atoms with van der Waals surface area (Å²) >= 11 is 5.26. The van der Waals surface area contributed by atoms with Crippen molar-refractivity contribution in [2.75, 3.05) is 5.88 Å². The number of hydrogen-bond acceptors (Lipinski definition) is 3. The number of carbonyl (C=O) groups excluding carboxylic acids is 2. The Bertz CT molecular complexity index is 284. The summed E-state index contributed by atoms with van der Waals surface area (Å²) in [5.74, 6) is -0.186. The van der Waals surface area contributed by atoms with Crippen molar-refractivity contribution in [1.29, 1.82) is 0 Å². The van der Waals surface area contributed by atoms with Gasteiger partial charge in [0.1, 0.15) is 24.0 Å². The standard InChI is InChI=1S/C8H8ClNO3/c9-4-8(12)10-6(5-11)7-2-1-3-13-7/h1-3,5-6H,4H2,(H,10,12). The molecule has 0 radical (unpaired) electrons. The molecule has 1 aromatic rings. The zero-order valence-corrected chi connectivity index (χ0v) is 7.45. The highest BCUT2D eigenvalue weighted by atomic mass is 35.5. The summed E-state index contributed by atoms with van der Waals surface area (Å²) in [5.41, 5.74) is 0. The van der Waals surface area contributed by atoms with Gasteiger partial charge in [-0.1, -0.05) is 0 Å². The minimum atomic E-state index is -0.749. The number of alkyl halides is 1. The van der Waals surface area contributed by atoms with Crippen LogP contribution in [0.3, 0.4) is 0 Å². The van der Waals surface area contributed by atoms with Gasteiger partial charge in [0.15, 0.2) is 0 Å². The highest BCUT2D eigenvalue weighted by Gasteiger charge is 2.14. The summed E-state index contributed by atoms with van der Waals surface area (Å²) in [4.78, 5) is 21.4. The third kappa shape index (κ3) is 2.59. The van der Waals surface area contributed by atoms with E-state index in [1.807, 2.05) is 0 Å². The molecule has 0 saturated carbocycles. The quantitative estimate of drug-likeness (QED) is 0.581. The van der Waals surface area contributed by atoms with Gasteiger partial charge in [-0.05, 0) is 12.1 Å². The first-order valence-corrected chi connectivity index (χ1v) is 4.15. The summed E-state index contributed by atoms with van der Waals surface area (Å²) in [5, 5.41) is 2.39. The number of nitrogens with one attached hydrogen (secondary N) is 1. The average molecular weight is 202 g/mol. The van der Waals surface area contributed by atoms with Crippen LogP contribution in [0.2, 0.25) is 0 Å². The minimum absolute atomic E-state index is 0.176. The third-order valence-corrected chi connectivity index (χ3v) is 1.67. The van der Waals surface area contributed by atoms with Crippen molar-refractivity contribution in [3.05, 3.63) is 24.2 Å². The zero-order chi connectivity index (χ0) is 9.68. The van der Waals surface area contributed by atoms with Crippen LogP contribution >= 0.6 is 11.6 Å².